The Hall–Kier alpha value is -1.70. The van der Waals surface area contributed by atoms with E-state index in [-0.39, 0.29) is 5.75 Å². The van der Waals surface area contributed by atoms with E-state index in [4.69, 9.17) is 4.52 Å². The van der Waals surface area contributed by atoms with Gasteiger partial charge < -0.3 is 4.52 Å². The molecule has 21 heavy (non-hydrogen) atoms. The summed E-state index contributed by atoms with van der Waals surface area (Å²) in [4.78, 5) is 1.01. The van der Waals surface area contributed by atoms with E-state index in [0.717, 1.165) is 10.3 Å². The summed E-state index contributed by atoms with van der Waals surface area (Å²) in [6.45, 7) is 0.371. The van der Waals surface area contributed by atoms with Gasteiger partial charge in [-0.05, 0) is 23.6 Å². The summed E-state index contributed by atoms with van der Waals surface area (Å²) in [5.74, 6) is -0.161. The molecule has 0 spiro atoms. The molecule has 0 aliphatic rings. The van der Waals surface area contributed by atoms with Crippen LogP contribution in [0.5, 0.6) is 0 Å². The fourth-order valence-corrected chi connectivity index (χ4v) is 3.99. The van der Waals surface area contributed by atoms with E-state index < -0.39 is 10.0 Å². The van der Waals surface area contributed by atoms with Gasteiger partial charge in [0.1, 0.15) is 11.4 Å². The van der Waals surface area contributed by atoms with E-state index in [2.05, 4.69) is 5.16 Å². The van der Waals surface area contributed by atoms with Gasteiger partial charge in [-0.25, -0.2) is 8.42 Å². The number of rotatable bonds is 5. The molecule has 0 amide bonds. The Balaban J connectivity index is 1.82. The van der Waals surface area contributed by atoms with E-state index in [0.29, 0.717) is 17.8 Å². The maximum atomic E-state index is 12.4. The molecule has 2 heterocycles. The van der Waals surface area contributed by atoms with Crippen LogP contribution in [-0.4, -0.2) is 24.9 Å². The van der Waals surface area contributed by atoms with Crippen molar-refractivity contribution in [3.05, 3.63) is 52.3 Å². The van der Waals surface area contributed by atoms with Crippen LogP contribution in [0.4, 0.5) is 0 Å². The lowest BCUT2D eigenvalue weighted by Crippen LogP contribution is -2.27. The summed E-state index contributed by atoms with van der Waals surface area (Å²) in [7, 11) is -1.85. The third-order valence-corrected chi connectivity index (χ3v) is 5.78. The third kappa shape index (κ3) is 2.99. The Morgan fingerprint density at radius 1 is 1.24 bits per heavy atom. The van der Waals surface area contributed by atoms with Gasteiger partial charge in [0.2, 0.25) is 10.0 Å². The Bertz CT molecular complexity index is 838. The molecular formula is C14H14N2O3S2. The van der Waals surface area contributed by atoms with Crippen molar-refractivity contribution in [3.63, 3.8) is 0 Å². The summed E-state index contributed by atoms with van der Waals surface area (Å²) in [6, 6.07) is 11.1. The van der Waals surface area contributed by atoms with Crippen molar-refractivity contribution in [2.45, 2.75) is 12.3 Å². The van der Waals surface area contributed by atoms with Crippen molar-refractivity contribution in [2.75, 3.05) is 7.05 Å². The quantitative estimate of drug-likeness (QED) is 0.724. The highest BCUT2D eigenvalue weighted by atomic mass is 32.2. The molecule has 0 aliphatic carbocycles. The summed E-state index contributed by atoms with van der Waals surface area (Å²) in [5.41, 5.74) is 1.05. The van der Waals surface area contributed by atoms with Crippen molar-refractivity contribution in [2.24, 2.45) is 0 Å². The topological polar surface area (TPSA) is 63.4 Å². The van der Waals surface area contributed by atoms with Gasteiger partial charge in [0, 0.05) is 23.9 Å². The van der Waals surface area contributed by atoms with Crippen LogP contribution in [0, 0.1) is 0 Å². The number of hydrogen-bond acceptors (Lipinski definition) is 5. The molecule has 0 N–H and O–H groups in total. The summed E-state index contributed by atoms with van der Waals surface area (Å²) < 4.78 is 31.3. The number of fused-ring (bicyclic) bond motifs is 1. The lowest BCUT2D eigenvalue weighted by atomic mass is 10.2. The number of para-hydroxylation sites is 1. The van der Waals surface area contributed by atoms with Crippen LogP contribution in [0.15, 0.2) is 46.3 Å². The minimum atomic E-state index is -3.43. The predicted molar refractivity (Wildman–Crippen MR) is 82.4 cm³/mol. The lowest BCUT2D eigenvalue weighted by molar-refractivity contribution is 0.442. The second kappa shape index (κ2) is 5.59. The molecule has 0 unspecified atom stereocenters. The highest BCUT2D eigenvalue weighted by Gasteiger charge is 2.22. The monoisotopic (exact) mass is 322 g/mol. The average Bonchev–Trinajstić information content (AvgIpc) is 3.09. The molecule has 0 atom stereocenters. The molecule has 2 aromatic heterocycles. The Morgan fingerprint density at radius 2 is 2.05 bits per heavy atom. The molecule has 0 radical (unpaired) electrons. The second-order valence-corrected chi connectivity index (χ2v) is 7.83. The molecule has 3 rings (SSSR count). The molecule has 0 bridgehead atoms. The van der Waals surface area contributed by atoms with Gasteiger partial charge in [-0.3, -0.25) is 0 Å². The maximum absolute atomic E-state index is 12.4. The van der Waals surface area contributed by atoms with Gasteiger partial charge in [0.05, 0.1) is 0 Å². The molecular weight excluding hydrogens is 308 g/mol. The minimum absolute atomic E-state index is 0.161. The fraction of sp³-hybridized carbons (Fsp3) is 0.214. The summed E-state index contributed by atoms with van der Waals surface area (Å²) in [6.07, 6.45) is 0. The highest BCUT2D eigenvalue weighted by Crippen LogP contribution is 2.21. The van der Waals surface area contributed by atoms with Crippen LogP contribution in [0.1, 0.15) is 10.6 Å². The molecule has 110 valence electrons. The lowest BCUT2D eigenvalue weighted by Gasteiger charge is -2.15. The van der Waals surface area contributed by atoms with E-state index >= 15 is 0 Å². The minimum Gasteiger partial charge on any atom is -0.356 e. The van der Waals surface area contributed by atoms with Gasteiger partial charge in [-0.15, -0.1) is 11.3 Å². The molecule has 3 aromatic rings. The zero-order chi connectivity index (χ0) is 14.9. The van der Waals surface area contributed by atoms with Crippen LogP contribution in [0.2, 0.25) is 0 Å². The molecule has 1 aromatic carbocycles. The first kappa shape index (κ1) is 14.2. The zero-order valence-electron chi connectivity index (χ0n) is 11.4. The number of aromatic nitrogens is 1. The number of sulfonamides is 1. The van der Waals surface area contributed by atoms with Crippen molar-refractivity contribution in [3.8, 4) is 0 Å². The van der Waals surface area contributed by atoms with Gasteiger partial charge in [-0.2, -0.15) is 4.31 Å². The first-order chi connectivity index (χ1) is 10.1. The van der Waals surface area contributed by atoms with E-state index in [1.54, 1.807) is 13.1 Å². The Kier molecular flexibility index (Phi) is 3.79. The normalized spacial score (nSPS) is 12.3. The molecule has 5 nitrogen and oxygen atoms in total. The molecule has 0 fully saturated rings. The number of nitrogens with zero attached hydrogens (tertiary/aromatic N) is 2. The molecule has 0 saturated heterocycles. The zero-order valence-corrected chi connectivity index (χ0v) is 13.0. The number of thiophene rings is 1. The van der Waals surface area contributed by atoms with E-state index in [9.17, 15) is 8.42 Å². The van der Waals surface area contributed by atoms with E-state index in [1.165, 1.54) is 15.6 Å². The third-order valence-electron chi connectivity index (χ3n) is 3.20. The van der Waals surface area contributed by atoms with Crippen molar-refractivity contribution >= 4 is 32.3 Å². The van der Waals surface area contributed by atoms with Crippen LogP contribution in [0.3, 0.4) is 0 Å². The smallest absolute Gasteiger partial charge is 0.220 e. The first-order valence-corrected chi connectivity index (χ1v) is 8.85. The van der Waals surface area contributed by atoms with Crippen LogP contribution < -0.4 is 0 Å². The SMILES string of the molecule is CN(Cc1cccs1)S(=O)(=O)Cc1noc2ccccc12. The van der Waals surface area contributed by atoms with Gasteiger partial charge in [0.25, 0.3) is 0 Å². The van der Waals surface area contributed by atoms with E-state index in [1.807, 2.05) is 35.7 Å². The van der Waals surface area contributed by atoms with Gasteiger partial charge in [0.15, 0.2) is 5.58 Å². The maximum Gasteiger partial charge on any atom is 0.220 e. The van der Waals surface area contributed by atoms with Gasteiger partial charge in [-0.1, -0.05) is 23.4 Å². The Morgan fingerprint density at radius 3 is 2.81 bits per heavy atom. The fourth-order valence-electron chi connectivity index (χ4n) is 2.05. The summed E-state index contributed by atoms with van der Waals surface area (Å²) >= 11 is 1.54. The molecule has 0 aliphatic heterocycles. The van der Waals surface area contributed by atoms with Crippen molar-refractivity contribution in [1.82, 2.24) is 9.46 Å². The standard InChI is InChI=1S/C14H14N2O3S2/c1-16(9-11-5-4-8-20-11)21(17,18)10-13-12-6-2-3-7-14(12)19-15-13/h2-8H,9-10H2,1H3. The largest absolute Gasteiger partial charge is 0.356 e. The summed E-state index contributed by atoms with van der Waals surface area (Å²) in [5, 5.41) is 6.55. The van der Waals surface area contributed by atoms with Gasteiger partial charge >= 0.3 is 0 Å². The molecule has 7 heteroatoms. The van der Waals surface area contributed by atoms with Crippen LogP contribution in [-0.2, 0) is 22.3 Å². The first-order valence-electron chi connectivity index (χ1n) is 6.36. The highest BCUT2D eigenvalue weighted by molar-refractivity contribution is 7.88. The predicted octanol–water partition coefficient (Wildman–Crippen LogP) is 2.85. The van der Waals surface area contributed by atoms with Crippen molar-refractivity contribution < 1.29 is 12.9 Å². The number of hydrogen-bond donors (Lipinski definition) is 0. The molecule has 0 saturated carbocycles. The van der Waals surface area contributed by atoms with Crippen LogP contribution >= 0.6 is 11.3 Å². The van der Waals surface area contributed by atoms with Crippen LogP contribution in [0.25, 0.3) is 11.0 Å². The number of benzene rings is 1. The second-order valence-electron chi connectivity index (χ2n) is 4.72. The average molecular weight is 322 g/mol. The van der Waals surface area contributed by atoms with Crippen molar-refractivity contribution in [1.29, 1.82) is 0 Å². The Labute approximate surface area is 126 Å².